The summed E-state index contributed by atoms with van der Waals surface area (Å²) < 4.78 is 28.2. The number of nitrogens with zero attached hydrogens (tertiary/aromatic N) is 2. The van der Waals surface area contributed by atoms with Gasteiger partial charge in [0.15, 0.2) is 0 Å². The summed E-state index contributed by atoms with van der Waals surface area (Å²) in [5, 5.41) is 0.904. The van der Waals surface area contributed by atoms with Gasteiger partial charge in [-0.3, -0.25) is 0 Å². The molecule has 0 amide bonds. The van der Waals surface area contributed by atoms with E-state index >= 15 is 0 Å². The molecule has 1 aliphatic rings. The van der Waals surface area contributed by atoms with Crippen LogP contribution in [-0.2, 0) is 16.8 Å². The van der Waals surface area contributed by atoms with E-state index in [1.54, 1.807) is 32.3 Å². The molecule has 4 nitrogen and oxygen atoms in total. The Labute approximate surface area is 143 Å². The van der Waals surface area contributed by atoms with E-state index in [9.17, 15) is 8.42 Å². The van der Waals surface area contributed by atoms with Crippen molar-refractivity contribution in [1.29, 1.82) is 0 Å². The molecule has 2 rings (SSSR count). The molecule has 0 aromatic heterocycles. The Balaban J connectivity index is 2.08. The van der Waals surface area contributed by atoms with Gasteiger partial charge in [-0.15, -0.1) is 0 Å². The number of hydrogen-bond acceptors (Lipinski definition) is 2. The Hall–Kier alpha value is -0.330. The SMILES string of the molecule is CN(Cc1ccc(Cl)c(Cl)c1)S(=O)(=O)N(C)C1CCCCC1. The van der Waals surface area contributed by atoms with Crippen LogP contribution in [0.1, 0.15) is 37.7 Å². The molecule has 22 heavy (non-hydrogen) atoms. The quantitative estimate of drug-likeness (QED) is 0.793. The molecule has 0 unspecified atom stereocenters. The Bertz CT molecular complexity index is 616. The summed E-state index contributed by atoms with van der Waals surface area (Å²) in [6.07, 6.45) is 5.28. The molecule has 1 saturated carbocycles. The van der Waals surface area contributed by atoms with E-state index in [4.69, 9.17) is 23.2 Å². The molecule has 0 heterocycles. The van der Waals surface area contributed by atoms with E-state index in [2.05, 4.69) is 0 Å². The zero-order valence-corrected chi connectivity index (χ0v) is 15.3. The van der Waals surface area contributed by atoms with Crippen LogP contribution in [0.4, 0.5) is 0 Å². The number of halogens is 2. The second-order valence-electron chi connectivity index (χ2n) is 5.82. The van der Waals surface area contributed by atoms with E-state index in [-0.39, 0.29) is 12.6 Å². The molecule has 1 fully saturated rings. The number of hydrogen-bond donors (Lipinski definition) is 0. The summed E-state index contributed by atoms with van der Waals surface area (Å²) >= 11 is 11.9. The van der Waals surface area contributed by atoms with Gasteiger partial charge in [-0.1, -0.05) is 48.5 Å². The van der Waals surface area contributed by atoms with E-state index in [0.29, 0.717) is 10.0 Å². The van der Waals surface area contributed by atoms with Crippen molar-refractivity contribution < 1.29 is 8.42 Å². The third-order valence-corrected chi connectivity index (χ3v) is 6.92. The summed E-state index contributed by atoms with van der Waals surface area (Å²) in [5.74, 6) is 0. The average molecular weight is 365 g/mol. The van der Waals surface area contributed by atoms with Gasteiger partial charge in [0.05, 0.1) is 10.0 Å². The van der Waals surface area contributed by atoms with E-state index < -0.39 is 10.2 Å². The molecule has 1 aromatic carbocycles. The van der Waals surface area contributed by atoms with Gasteiger partial charge in [0, 0.05) is 26.7 Å². The van der Waals surface area contributed by atoms with Crippen molar-refractivity contribution in [2.45, 2.75) is 44.7 Å². The van der Waals surface area contributed by atoms with Gasteiger partial charge in [0.2, 0.25) is 0 Å². The molecule has 0 saturated heterocycles. The van der Waals surface area contributed by atoms with Crippen molar-refractivity contribution >= 4 is 33.4 Å². The van der Waals surface area contributed by atoms with E-state index in [0.717, 1.165) is 31.2 Å². The maximum absolute atomic E-state index is 12.7. The van der Waals surface area contributed by atoms with Gasteiger partial charge < -0.3 is 0 Å². The van der Waals surface area contributed by atoms with Crippen molar-refractivity contribution in [1.82, 2.24) is 8.61 Å². The lowest BCUT2D eigenvalue weighted by Crippen LogP contribution is -2.45. The molecule has 0 spiro atoms. The summed E-state index contributed by atoms with van der Waals surface area (Å²) in [6, 6.07) is 5.29. The highest BCUT2D eigenvalue weighted by Gasteiger charge is 2.30. The Morgan fingerprint density at radius 1 is 1.09 bits per heavy atom. The lowest BCUT2D eigenvalue weighted by atomic mass is 9.96. The van der Waals surface area contributed by atoms with Crippen LogP contribution in [0, 0.1) is 0 Å². The van der Waals surface area contributed by atoms with Crippen molar-refractivity contribution in [2.75, 3.05) is 14.1 Å². The zero-order valence-electron chi connectivity index (χ0n) is 12.9. The molecule has 7 heteroatoms. The lowest BCUT2D eigenvalue weighted by Gasteiger charge is -2.33. The summed E-state index contributed by atoms with van der Waals surface area (Å²) in [5.41, 5.74) is 0.817. The minimum atomic E-state index is -3.47. The molecule has 124 valence electrons. The highest BCUT2D eigenvalue weighted by molar-refractivity contribution is 7.86. The fourth-order valence-corrected chi connectivity index (χ4v) is 4.49. The topological polar surface area (TPSA) is 40.6 Å². The van der Waals surface area contributed by atoms with Crippen LogP contribution in [0.3, 0.4) is 0 Å². The first kappa shape index (κ1) is 18.0. The highest BCUT2D eigenvalue weighted by Crippen LogP contribution is 2.26. The first-order chi connectivity index (χ1) is 10.3. The van der Waals surface area contributed by atoms with E-state index in [1.807, 2.05) is 0 Å². The molecule has 0 atom stereocenters. The maximum Gasteiger partial charge on any atom is 0.282 e. The van der Waals surface area contributed by atoms with Crippen LogP contribution in [0.25, 0.3) is 0 Å². The fraction of sp³-hybridized carbons (Fsp3) is 0.600. The minimum Gasteiger partial charge on any atom is -0.195 e. The van der Waals surface area contributed by atoms with Crippen molar-refractivity contribution in [2.24, 2.45) is 0 Å². The third kappa shape index (κ3) is 4.15. The maximum atomic E-state index is 12.7. The monoisotopic (exact) mass is 364 g/mol. The van der Waals surface area contributed by atoms with Crippen molar-refractivity contribution in [3.63, 3.8) is 0 Å². The molecule has 1 aromatic rings. The standard InChI is InChI=1S/C15H22Cl2N2O2S/c1-18(11-12-8-9-14(16)15(17)10-12)22(20,21)19(2)13-6-4-3-5-7-13/h8-10,13H,3-7,11H2,1-2H3. The van der Waals surface area contributed by atoms with Crippen molar-refractivity contribution in [3.8, 4) is 0 Å². The van der Waals surface area contributed by atoms with Crippen LogP contribution in [0.5, 0.6) is 0 Å². The Morgan fingerprint density at radius 3 is 2.32 bits per heavy atom. The summed E-state index contributed by atoms with van der Waals surface area (Å²) in [6.45, 7) is 0.274. The number of rotatable bonds is 5. The highest BCUT2D eigenvalue weighted by atomic mass is 35.5. The van der Waals surface area contributed by atoms with Crippen LogP contribution < -0.4 is 0 Å². The van der Waals surface area contributed by atoms with Gasteiger partial charge in [-0.05, 0) is 30.5 Å². The van der Waals surface area contributed by atoms with Crippen molar-refractivity contribution in [3.05, 3.63) is 33.8 Å². The van der Waals surface area contributed by atoms with Crippen LogP contribution in [0.2, 0.25) is 10.0 Å². The second kappa shape index (κ2) is 7.49. The molecular weight excluding hydrogens is 343 g/mol. The average Bonchev–Trinajstić information content (AvgIpc) is 2.51. The van der Waals surface area contributed by atoms with Crippen LogP contribution >= 0.6 is 23.2 Å². The Morgan fingerprint density at radius 2 is 1.73 bits per heavy atom. The summed E-state index contributed by atoms with van der Waals surface area (Å²) in [7, 11) is -0.198. The molecule has 0 bridgehead atoms. The molecule has 0 aliphatic heterocycles. The number of benzene rings is 1. The smallest absolute Gasteiger partial charge is 0.195 e. The fourth-order valence-electron chi connectivity index (χ4n) is 2.83. The molecule has 1 aliphatic carbocycles. The van der Waals surface area contributed by atoms with Crippen LogP contribution in [-0.4, -0.2) is 37.2 Å². The van der Waals surface area contributed by atoms with Gasteiger partial charge in [0.1, 0.15) is 0 Å². The lowest BCUT2D eigenvalue weighted by molar-refractivity contribution is 0.268. The van der Waals surface area contributed by atoms with Gasteiger partial charge in [0.25, 0.3) is 10.2 Å². The van der Waals surface area contributed by atoms with Crippen LogP contribution in [0.15, 0.2) is 18.2 Å². The predicted octanol–water partition coefficient (Wildman–Crippen LogP) is 3.93. The predicted molar refractivity (Wildman–Crippen MR) is 91.5 cm³/mol. The first-order valence-corrected chi connectivity index (χ1v) is 9.61. The largest absolute Gasteiger partial charge is 0.282 e. The molecule has 0 N–H and O–H groups in total. The zero-order chi connectivity index (χ0) is 16.3. The van der Waals surface area contributed by atoms with E-state index in [1.165, 1.54) is 15.0 Å². The molecule has 0 radical (unpaired) electrons. The third-order valence-electron chi connectivity index (χ3n) is 4.24. The van der Waals surface area contributed by atoms with Gasteiger partial charge in [-0.25, -0.2) is 0 Å². The normalized spacial score (nSPS) is 17.4. The first-order valence-electron chi connectivity index (χ1n) is 7.45. The van der Waals surface area contributed by atoms with Gasteiger partial charge >= 0.3 is 0 Å². The van der Waals surface area contributed by atoms with Gasteiger partial charge in [-0.2, -0.15) is 17.0 Å². The Kier molecular flexibility index (Phi) is 6.14. The second-order valence-corrected chi connectivity index (χ2v) is 8.73. The minimum absolute atomic E-state index is 0.106. The summed E-state index contributed by atoms with van der Waals surface area (Å²) in [4.78, 5) is 0. The molecular formula is C15H22Cl2N2O2S.